The van der Waals surface area contributed by atoms with Crippen molar-refractivity contribution in [2.75, 3.05) is 37.4 Å². The molecular weight excluding hydrogens is 392 g/mol. The summed E-state index contributed by atoms with van der Waals surface area (Å²) in [6, 6.07) is 6.05. The first-order valence-electron chi connectivity index (χ1n) is 8.68. The summed E-state index contributed by atoms with van der Waals surface area (Å²) in [7, 11) is 1.85. The summed E-state index contributed by atoms with van der Waals surface area (Å²) in [5.41, 5.74) is 0.194. The quantitative estimate of drug-likeness (QED) is 0.663. The number of aromatic nitrogens is 3. The van der Waals surface area contributed by atoms with Gasteiger partial charge in [0.1, 0.15) is 11.6 Å². The van der Waals surface area contributed by atoms with E-state index in [1.807, 2.05) is 11.6 Å². The van der Waals surface area contributed by atoms with Crippen LogP contribution in [0, 0.1) is 0 Å². The van der Waals surface area contributed by atoms with E-state index >= 15 is 0 Å². The number of anilines is 1. The van der Waals surface area contributed by atoms with Crippen LogP contribution >= 0.6 is 11.8 Å². The number of thioether (sulfide) groups is 1. The molecule has 1 amide bonds. The molecule has 28 heavy (non-hydrogen) atoms. The molecule has 0 saturated carbocycles. The highest BCUT2D eigenvalue weighted by molar-refractivity contribution is 7.99. The van der Waals surface area contributed by atoms with Crippen LogP contribution in [0.3, 0.4) is 0 Å². The predicted molar refractivity (Wildman–Crippen MR) is 99.5 cm³/mol. The highest BCUT2D eigenvalue weighted by Gasteiger charge is 2.17. The fraction of sp³-hybridized carbons (Fsp3) is 0.471. The van der Waals surface area contributed by atoms with Crippen LogP contribution in [0.15, 0.2) is 29.4 Å². The third-order valence-electron chi connectivity index (χ3n) is 4.10. The molecule has 0 unspecified atom stereocenters. The number of morpholine rings is 1. The van der Waals surface area contributed by atoms with Crippen molar-refractivity contribution in [1.29, 1.82) is 0 Å². The Balaban J connectivity index is 1.54. The number of hydrogen-bond acceptors (Lipinski definition) is 7. The van der Waals surface area contributed by atoms with Gasteiger partial charge in [0, 0.05) is 20.1 Å². The topological polar surface area (TPSA) is 81.5 Å². The maximum absolute atomic E-state index is 12.5. The van der Waals surface area contributed by atoms with Gasteiger partial charge in [0.25, 0.3) is 0 Å². The van der Waals surface area contributed by atoms with Crippen molar-refractivity contribution in [3.8, 4) is 5.75 Å². The van der Waals surface area contributed by atoms with Gasteiger partial charge in [-0.1, -0.05) is 23.9 Å². The van der Waals surface area contributed by atoms with E-state index in [1.165, 1.54) is 23.9 Å². The van der Waals surface area contributed by atoms with Crippen molar-refractivity contribution in [2.45, 2.75) is 18.3 Å². The zero-order valence-corrected chi connectivity index (χ0v) is 16.1. The molecule has 2 heterocycles. The second-order valence-corrected chi connectivity index (χ2v) is 7.00. The fourth-order valence-electron chi connectivity index (χ4n) is 2.65. The number of nitrogens with zero attached hydrogens (tertiary/aromatic N) is 4. The number of carbonyl (C=O) groups is 1. The summed E-state index contributed by atoms with van der Waals surface area (Å²) in [6.07, 6.45) is 0. The number of alkyl halides is 2. The standard InChI is InChI=1S/C17H21F2N5O3S/c1-23-14(10-24-6-8-26-9-7-24)21-22-17(23)28-11-15(25)20-12-4-2-3-5-13(12)27-16(18)19/h2-5,16H,6-11H2,1H3,(H,20,25). The van der Waals surface area contributed by atoms with Crippen LogP contribution in [0.4, 0.5) is 14.5 Å². The lowest BCUT2D eigenvalue weighted by atomic mass is 10.3. The molecule has 152 valence electrons. The van der Waals surface area contributed by atoms with Gasteiger partial charge < -0.3 is 19.4 Å². The summed E-state index contributed by atoms with van der Waals surface area (Å²) in [4.78, 5) is 14.4. The number of rotatable bonds is 8. The van der Waals surface area contributed by atoms with E-state index in [4.69, 9.17) is 4.74 Å². The summed E-state index contributed by atoms with van der Waals surface area (Å²) in [5.74, 6) is 0.433. The minimum atomic E-state index is -2.96. The smallest absolute Gasteiger partial charge is 0.387 e. The van der Waals surface area contributed by atoms with Crippen molar-refractivity contribution >= 4 is 23.4 Å². The molecule has 3 rings (SSSR count). The molecular formula is C17H21F2N5O3S. The van der Waals surface area contributed by atoms with Crippen molar-refractivity contribution in [3.05, 3.63) is 30.1 Å². The van der Waals surface area contributed by atoms with Gasteiger partial charge in [0.05, 0.1) is 31.2 Å². The molecule has 2 aromatic rings. The van der Waals surface area contributed by atoms with Crippen molar-refractivity contribution in [1.82, 2.24) is 19.7 Å². The molecule has 1 aromatic heterocycles. The van der Waals surface area contributed by atoms with Gasteiger partial charge in [-0.2, -0.15) is 8.78 Å². The highest BCUT2D eigenvalue weighted by atomic mass is 32.2. The lowest BCUT2D eigenvalue weighted by Crippen LogP contribution is -2.36. The largest absolute Gasteiger partial charge is 0.433 e. The Morgan fingerprint density at radius 2 is 2.07 bits per heavy atom. The van der Waals surface area contributed by atoms with E-state index in [0.717, 1.165) is 18.9 Å². The monoisotopic (exact) mass is 413 g/mol. The summed E-state index contributed by atoms with van der Waals surface area (Å²) in [6.45, 7) is 0.802. The Hall–Kier alpha value is -2.24. The predicted octanol–water partition coefficient (Wildman–Crippen LogP) is 1.98. The van der Waals surface area contributed by atoms with Crippen LogP contribution in [0.2, 0.25) is 0 Å². The molecule has 1 fully saturated rings. The first-order valence-corrected chi connectivity index (χ1v) is 9.66. The number of benzene rings is 1. The van der Waals surface area contributed by atoms with Crippen LogP contribution in [0.5, 0.6) is 5.75 Å². The van der Waals surface area contributed by atoms with E-state index in [2.05, 4.69) is 25.2 Å². The Morgan fingerprint density at radius 1 is 1.32 bits per heavy atom. The number of halogens is 2. The minimum absolute atomic E-state index is 0.0620. The average molecular weight is 413 g/mol. The number of amides is 1. The number of hydrogen-bond donors (Lipinski definition) is 1. The molecule has 0 aliphatic carbocycles. The van der Waals surface area contributed by atoms with Gasteiger partial charge in [-0.05, 0) is 12.1 Å². The number of ether oxygens (including phenoxy) is 2. The van der Waals surface area contributed by atoms with Crippen LogP contribution in [0.1, 0.15) is 5.82 Å². The minimum Gasteiger partial charge on any atom is -0.433 e. The molecule has 0 atom stereocenters. The van der Waals surface area contributed by atoms with Crippen LogP contribution in [-0.2, 0) is 23.1 Å². The van der Waals surface area contributed by atoms with E-state index in [9.17, 15) is 13.6 Å². The molecule has 1 saturated heterocycles. The lowest BCUT2D eigenvalue weighted by molar-refractivity contribution is -0.113. The van der Waals surface area contributed by atoms with E-state index in [-0.39, 0.29) is 23.1 Å². The lowest BCUT2D eigenvalue weighted by Gasteiger charge is -2.25. The molecule has 0 bridgehead atoms. The highest BCUT2D eigenvalue weighted by Crippen LogP contribution is 2.26. The Labute approximate surface area is 165 Å². The Bertz CT molecular complexity index is 799. The van der Waals surface area contributed by atoms with E-state index in [1.54, 1.807) is 12.1 Å². The van der Waals surface area contributed by atoms with Gasteiger partial charge in [-0.15, -0.1) is 10.2 Å². The van der Waals surface area contributed by atoms with Crippen LogP contribution in [0.25, 0.3) is 0 Å². The summed E-state index contributed by atoms with van der Waals surface area (Å²) in [5, 5.41) is 11.5. The molecule has 0 spiro atoms. The molecule has 1 aliphatic heterocycles. The number of para-hydroxylation sites is 2. The summed E-state index contributed by atoms with van der Waals surface area (Å²) >= 11 is 1.22. The third kappa shape index (κ3) is 5.63. The molecule has 1 aromatic carbocycles. The maximum atomic E-state index is 12.5. The van der Waals surface area contributed by atoms with Crippen molar-refractivity contribution < 1.29 is 23.0 Å². The second-order valence-electron chi connectivity index (χ2n) is 6.06. The summed E-state index contributed by atoms with van der Waals surface area (Å²) < 4.78 is 36.5. The van der Waals surface area contributed by atoms with Crippen molar-refractivity contribution in [3.63, 3.8) is 0 Å². The van der Waals surface area contributed by atoms with Gasteiger partial charge in [0.15, 0.2) is 5.16 Å². The van der Waals surface area contributed by atoms with Gasteiger partial charge in [-0.25, -0.2) is 0 Å². The zero-order chi connectivity index (χ0) is 19.9. The molecule has 8 nitrogen and oxygen atoms in total. The zero-order valence-electron chi connectivity index (χ0n) is 15.3. The molecule has 0 radical (unpaired) electrons. The normalized spacial score (nSPS) is 15.0. The van der Waals surface area contributed by atoms with Gasteiger partial charge >= 0.3 is 6.61 Å². The molecule has 1 N–H and O–H groups in total. The van der Waals surface area contributed by atoms with E-state index in [0.29, 0.717) is 24.9 Å². The SMILES string of the molecule is Cn1c(CN2CCOCC2)nnc1SCC(=O)Nc1ccccc1OC(F)F. The first-order chi connectivity index (χ1) is 13.5. The first kappa shape index (κ1) is 20.5. The average Bonchev–Trinajstić information content (AvgIpc) is 3.02. The van der Waals surface area contributed by atoms with Crippen LogP contribution < -0.4 is 10.1 Å². The Kier molecular flexibility index (Phi) is 7.18. The maximum Gasteiger partial charge on any atom is 0.387 e. The molecule has 11 heteroatoms. The second kappa shape index (κ2) is 9.80. The van der Waals surface area contributed by atoms with Crippen LogP contribution in [-0.4, -0.2) is 64.2 Å². The Morgan fingerprint density at radius 3 is 2.82 bits per heavy atom. The molecule has 1 aliphatic rings. The fourth-order valence-corrected chi connectivity index (χ4v) is 3.38. The number of nitrogens with one attached hydrogen (secondary N) is 1. The number of carbonyl (C=O) groups excluding carboxylic acids is 1. The van der Waals surface area contributed by atoms with Crippen molar-refractivity contribution in [2.24, 2.45) is 7.05 Å². The van der Waals surface area contributed by atoms with E-state index < -0.39 is 6.61 Å². The van der Waals surface area contributed by atoms with Gasteiger partial charge in [0.2, 0.25) is 5.91 Å². The van der Waals surface area contributed by atoms with Gasteiger partial charge in [-0.3, -0.25) is 9.69 Å². The third-order valence-corrected chi connectivity index (χ3v) is 5.12.